The SMILES string of the molecule is CC(C)n1cc(-c2cc(N)ncc2Cl)cn1. The first kappa shape index (κ1) is 11.0. The smallest absolute Gasteiger partial charge is 0.124 e. The number of rotatable bonds is 2. The number of nitrogen functional groups attached to an aromatic ring is 1. The van der Waals surface area contributed by atoms with Crippen LogP contribution in [0.2, 0.25) is 5.02 Å². The van der Waals surface area contributed by atoms with E-state index in [1.165, 1.54) is 0 Å². The van der Waals surface area contributed by atoms with E-state index < -0.39 is 0 Å². The molecule has 2 aromatic rings. The van der Waals surface area contributed by atoms with E-state index in [2.05, 4.69) is 23.9 Å². The summed E-state index contributed by atoms with van der Waals surface area (Å²) >= 11 is 6.06. The molecule has 2 aromatic heterocycles. The predicted octanol–water partition coefficient (Wildman–Crippen LogP) is 2.76. The van der Waals surface area contributed by atoms with Crippen LogP contribution < -0.4 is 5.73 Å². The maximum absolute atomic E-state index is 6.06. The summed E-state index contributed by atoms with van der Waals surface area (Å²) in [5.41, 5.74) is 7.45. The molecule has 16 heavy (non-hydrogen) atoms. The zero-order valence-electron chi connectivity index (χ0n) is 9.18. The number of halogens is 1. The van der Waals surface area contributed by atoms with E-state index in [0.29, 0.717) is 16.9 Å². The lowest BCUT2D eigenvalue weighted by molar-refractivity contribution is 0.532. The molecule has 4 nitrogen and oxygen atoms in total. The normalized spacial score (nSPS) is 11.0. The van der Waals surface area contributed by atoms with Gasteiger partial charge in [0.25, 0.3) is 0 Å². The van der Waals surface area contributed by atoms with Crippen molar-refractivity contribution >= 4 is 17.4 Å². The average Bonchev–Trinajstić information content (AvgIpc) is 2.70. The summed E-state index contributed by atoms with van der Waals surface area (Å²) in [6.07, 6.45) is 5.28. The molecule has 0 aliphatic rings. The molecule has 5 heteroatoms. The standard InChI is InChI=1S/C11H13ClN4/c1-7(2)16-6-8(4-15-16)9-3-11(13)14-5-10(9)12/h3-7H,1-2H3,(H2,13,14). The van der Waals surface area contributed by atoms with Gasteiger partial charge in [0.1, 0.15) is 5.82 Å². The molecule has 0 spiro atoms. The van der Waals surface area contributed by atoms with Crippen LogP contribution in [0.3, 0.4) is 0 Å². The number of anilines is 1. The fraction of sp³-hybridized carbons (Fsp3) is 0.273. The second-order valence-electron chi connectivity index (χ2n) is 3.89. The molecule has 0 fully saturated rings. The van der Waals surface area contributed by atoms with Crippen molar-refractivity contribution in [3.05, 3.63) is 29.7 Å². The molecule has 0 unspecified atom stereocenters. The quantitative estimate of drug-likeness (QED) is 0.872. The first-order valence-electron chi connectivity index (χ1n) is 5.03. The lowest BCUT2D eigenvalue weighted by Gasteiger charge is -2.04. The third kappa shape index (κ3) is 2.02. The van der Waals surface area contributed by atoms with Gasteiger partial charge in [0, 0.05) is 29.6 Å². The van der Waals surface area contributed by atoms with E-state index in [4.69, 9.17) is 17.3 Å². The van der Waals surface area contributed by atoms with Gasteiger partial charge in [0.15, 0.2) is 0 Å². The highest BCUT2D eigenvalue weighted by molar-refractivity contribution is 6.33. The molecular weight excluding hydrogens is 224 g/mol. The Hall–Kier alpha value is -1.55. The average molecular weight is 237 g/mol. The Morgan fingerprint density at radius 1 is 1.38 bits per heavy atom. The molecule has 0 bridgehead atoms. The van der Waals surface area contributed by atoms with Gasteiger partial charge < -0.3 is 5.73 Å². The molecule has 0 saturated carbocycles. The molecule has 0 saturated heterocycles. The Bertz CT molecular complexity index is 504. The van der Waals surface area contributed by atoms with Crippen molar-refractivity contribution in [2.45, 2.75) is 19.9 Å². The summed E-state index contributed by atoms with van der Waals surface area (Å²) < 4.78 is 1.88. The van der Waals surface area contributed by atoms with Crippen LogP contribution in [0.25, 0.3) is 11.1 Å². The number of hydrogen-bond acceptors (Lipinski definition) is 3. The van der Waals surface area contributed by atoms with Crippen molar-refractivity contribution < 1.29 is 0 Å². The van der Waals surface area contributed by atoms with Gasteiger partial charge >= 0.3 is 0 Å². The largest absolute Gasteiger partial charge is 0.384 e. The fourth-order valence-corrected chi connectivity index (χ4v) is 1.65. The molecule has 0 aliphatic heterocycles. The summed E-state index contributed by atoms with van der Waals surface area (Å²) in [6.45, 7) is 4.14. The van der Waals surface area contributed by atoms with Crippen LogP contribution in [0.1, 0.15) is 19.9 Å². The number of aromatic nitrogens is 3. The van der Waals surface area contributed by atoms with Gasteiger partial charge in [0.2, 0.25) is 0 Å². The minimum Gasteiger partial charge on any atom is -0.384 e. The van der Waals surface area contributed by atoms with Crippen LogP contribution in [-0.2, 0) is 0 Å². The lowest BCUT2D eigenvalue weighted by Crippen LogP contribution is -1.99. The summed E-state index contributed by atoms with van der Waals surface area (Å²) in [7, 11) is 0. The molecule has 0 aliphatic carbocycles. The molecule has 2 N–H and O–H groups in total. The molecule has 0 amide bonds. The van der Waals surface area contributed by atoms with E-state index in [9.17, 15) is 0 Å². The molecule has 0 aromatic carbocycles. The number of nitrogens with zero attached hydrogens (tertiary/aromatic N) is 3. The second-order valence-corrected chi connectivity index (χ2v) is 4.30. The van der Waals surface area contributed by atoms with Crippen LogP contribution in [0.15, 0.2) is 24.7 Å². The fourth-order valence-electron chi connectivity index (χ4n) is 1.44. The van der Waals surface area contributed by atoms with Crippen molar-refractivity contribution in [1.82, 2.24) is 14.8 Å². The lowest BCUT2D eigenvalue weighted by atomic mass is 10.1. The highest BCUT2D eigenvalue weighted by Gasteiger charge is 2.08. The Kier molecular flexibility index (Phi) is 2.83. The second kappa shape index (κ2) is 4.14. The Balaban J connectivity index is 2.46. The number of pyridine rings is 1. The van der Waals surface area contributed by atoms with Gasteiger partial charge in [-0.3, -0.25) is 4.68 Å². The number of nitrogens with two attached hydrogens (primary N) is 1. The van der Waals surface area contributed by atoms with Gasteiger partial charge in [-0.25, -0.2) is 4.98 Å². The number of hydrogen-bond donors (Lipinski definition) is 1. The van der Waals surface area contributed by atoms with Crippen LogP contribution in [0, 0.1) is 0 Å². The van der Waals surface area contributed by atoms with Gasteiger partial charge in [-0.1, -0.05) is 11.6 Å². The molecule has 2 rings (SSSR count). The summed E-state index contributed by atoms with van der Waals surface area (Å²) in [5.74, 6) is 0.455. The van der Waals surface area contributed by atoms with Crippen LogP contribution in [-0.4, -0.2) is 14.8 Å². The van der Waals surface area contributed by atoms with Crippen molar-refractivity contribution in [1.29, 1.82) is 0 Å². The molecule has 0 radical (unpaired) electrons. The first-order valence-corrected chi connectivity index (χ1v) is 5.41. The zero-order valence-corrected chi connectivity index (χ0v) is 9.94. The van der Waals surface area contributed by atoms with Crippen LogP contribution in [0.5, 0.6) is 0 Å². The molecule has 84 valence electrons. The van der Waals surface area contributed by atoms with E-state index in [1.54, 1.807) is 18.5 Å². The third-order valence-corrected chi connectivity index (χ3v) is 2.62. The first-order chi connectivity index (χ1) is 7.58. The monoisotopic (exact) mass is 236 g/mol. The van der Waals surface area contributed by atoms with Crippen molar-refractivity contribution in [3.63, 3.8) is 0 Å². The topological polar surface area (TPSA) is 56.7 Å². The van der Waals surface area contributed by atoms with E-state index in [1.807, 2.05) is 10.9 Å². The van der Waals surface area contributed by atoms with Crippen molar-refractivity contribution in [2.24, 2.45) is 0 Å². The van der Waals surface area contributed by atoms with Crippen LogP contribution >= 0.6 is 11.6 Å². The van der Waals surface area contributed by atoms with Crippen molar-refractivity contribution in [2.75, 3.05) is 5.73 Å². The molecule has 0 atom stereocenters. The van der Waals surface area contributed by atoms with E-state index in [0.717, 1.165) is 11.1 Å². The summed E-state index contributed by atoms with van der Waals surface area (Å²) in [5, 5.41) is 4.84. The minimum atomic E-state index is 0.326. The Morgan fingerprint density at radius 2 is 2.12 bits per heavy atom. The predicted molar refractivity (Wildman–Crippen MR) is 65.3 cm³/mol. The summed E-state index contributed by atoms with van der Waals surface area (Å²) in [6, 6.07) is 2.08. The van der Waals surface area contributed by atoms with Crippen LogP contribution in [0.4, 0.5) is 5.82 Å². The van der Waals surface area contributed by atoms with E-state index >= 15 is 0 Å². The maximum atomic E-state index is 6.06. The summed E-state index contributed by atoms with van der Waals surface area (Å²) in [4.78, 5) is 3.93. The Morgan fingerprint density at radius 3 is 2.75 bits per heavy atom. The third-order valence-electron chi connectivity index (χ3n) is 2.32. The van der Waals surface area contributed by atoms with Crippen molar-refractivity contribution in [3.8, 4) is 11.1 Å². The van der Waals surface area contributed by atoms with Gasteiger partial charge in [-0.15, -0.1) is 0 Å². The van der Waals surface area contributed by atoms with Gasteiger partial charge in [-0.2, -0.15) is 5.10 Å². The highest BCUT2D eigenvalue weighted by Crippen LogP contribution is 2.28. The minimum absolute atomic E-state index is 0.326. The Labute approximate surface area is 99.1 Å². The van der Waals surface area contributed by atoms with Gasteiger partial charge in [-0.05, 0) is 19.9 Å². The molecular formula is C11H13ClN4. The highest BCUT2D eigenvalue weighted by atomic mass is 35.5. The van der Waals surface area contributed by atoms with Gasteiger partial charge in [0.05, 0.1) is 11.2 Å². The van der Waals surface area contributed by atoms with E-state index in [-0.39, 0.29) is 0 Å². The maximum Gasteiger partial charge on any atom is 0.124 e. The zero-order chi connectivity index (χ0) is 11.7. The molecule has 2 heterocycles.